The molecular weight excluding hydrogens is 210 g/mol. The fourth-order valence-electron chi connectivity index (χ4n) is 2.14. The summed E-state index contributed by atoms with van der Waals surface area (Å²) in [5, 5.41) is 9.40. The fourth-order valence-corrected chi connectivity index (χ4v) is 2.14. The highest BCUT2D eigenvalue weighted by Gasteiger charge is 2.08. The normalized spacial score (nSPS) is 10.9. The van der Waals surface area contributed by atoms with Crippen molar-refractivity contribution in [1.29, 1.82) is 0 Å². The van der Waals surface area contributed by atoms with E-state index in [1.807, 2.05) is 18.3 Å². The molecule has 17 heavy (non-hydrogen) atoms. The summed E-state index contributed by atoms with van der Waals surface area (Å²) in [7, 11) is 0. The van der Waals surface area contributed by atoms with Crippen LogP contribution in [0.15, 0.2) is 42.7 Å². The zero-order valence-corrected chi connectivity index (χ0v) is 9.64. The number of nitrogens with one attached hydrogen (secondary N) is 1. The van der Waals surface area contributed by atoms with E-state index < -0.39 is 0 Å². The van der Waals surface area contributed by atoms with Crippen LogP contribution in [-0.2, 0) is 6.42 Å². The molecule has 0 unspecified atom stereocenters. The van der Waals surface area contributed by atoms with E-state index in [4.69, 9.17) is 0 Å². The topological polar surface area (TPSA) is 41.6 Å². The van der Waals surface area contributed by atoms with Crippen molar-refractivity contribution in [3.63, 3.8) is 0 Å². The number of nitrogens with zero attached hydrogens (tertiary/aromatic N) is 2. The van der Waals surface area contributed by atoms with E-state index in [0.29, 0.717) is 0 Å². The van der Waals surface area contributed by atoms with Gasteiger partial charge in [0.1, 0.15) is 0 Å². The van der Waals surface area contributed by atoms with Gasteiger partial charge in [-0.25, -0.2) is 0 Å². The van der Waals surface area contributed by atoms with E-state index in [0.717, 1.165) is 17.8 Å². The first kappa shape index (κ1) is 10.0. The number of aromatic nitrogens is 3. The number of H-pyrrole nitrogens is 1. The molecule has 0 fully saturated rings. The molecule has 3 rings (SSSR count). The molecule has 0 aliphatic rings. The zero-order chi connectivity index (χ0) is 11.7. The Balaban J connectivity index is 2.34. The zero-order valence-electron chi connectivity index (χ0n) is 9.64. The molecule has 0 atom stereocenters. The van der Waals surface area contributed by atoms with Crippen molar-refractivity contribution in [1.82, 2.24) is 15.2 Å². The number of hydrogen-bond acceptors (Lipinski definition) is 2. The second-order valence-corrected chi connectivity index (χ2v) is 4.00. The molecule has 84 valence electrons. The number of benzene rings is 1. The molecule has 2 heterocycles. The first-order valence-corrected chi connectivity index (χ1v) is 5.76. The van der Waals surface area contributed by atoms with Crippen LogP contribution in [0.25, 0.3) is 22.2 Å². The van der Waals surface area contributed by atoms with Crippen molar-refractivity contribution < 1.29 is 0 Å². The maximum Gasteiger partial charge on any atom is 0.0958 e. The van der Waals surface area contributed by atoms with E-state index >= 15 is 0 Å². The first-order valence-electron chi connectivity index (χ1n) is 5.76. The Kier molecular flexibility index (Phi) is 2.37. The molecule has 3 heteroatoms. The van der Waals surface area contributed by atoms with Crippen LogP contribution in [0.3, 0.4) is 0 Å². The maximum absolute atomic E-state index is 4.55. The molecule has 3 nitrogen and oxygen atoms in total. The van der Waals surface area contributed by atoms with Gasteiger partial charge in [-0.05, 0) is 23.4 Å². The van der Waals surface area contributed by atoms with Gasteiger partial charge in [0.15, 0.2) is 0 Å². The van der Waals surface area contributed by atoms with Gasteiger partial charge in [0.25, 0.3) is 0 Å². The minimum absolute atomic E-state index is 0.962. The monoisotopic (exact) mass is 223 g/mol. The van der Waals surface area contributed by atoms with E-state index in [-0.39, 0.29) is 0 Å². The Morgan fingerprint density at radius 2 is 1.94 bits per heavy atom. The number of pyridine rings is 1. The summed E-state index contributed by atoms with van der Waals surface area (Å²) >= 11 is 0. The van der Waals surface area contributed by atoms with E-state index in [9.17, 15) is 0 Å². The van der Waals surface area contributed by atoms with Gasteiger partial charge in [-0.3, -0.25) is 10.1 Å². The number of aryl methyl sites for hydroxylation is 1. The standard InChI is InChI=1S/C14H13N3/c1-2-10-9-15-14(13-7-8-16-17-13)12-6-4-3-5-11(10)12/h3-9H,2H2,1H3,(H,16,17). The molecule has 0 bridgehead atoms. The Morgan fingerprint density at radius 3 is 2.65 bits per heavy atom. The van der Waals surface area contributed by atoms with Crippen LogP contribution in [0.5, 0.6) is 0 Å². The number of aromatic amines is 1. The number of hydrogen-bond donors (Lipinski definition) is 1. The third-order valence-electron chi connectivity index (χ3n) is 3.01. The van der Waals surface area contributed by atoms with Gasteiger partial charge in [0.2, 0.25) is 0 Å². The highest BCUT2D eigenvalue weighted by molar-refractivity contribution is 5.95. The van der Waals surface area contributed by atoms with Crippen molar-refractivity contribution in [2.45, 2.75) is 13.3 Å². The van der Waals surface area contributed by atoms with E-state index in [2.05, 4.69) is 40.3 Å². The quantitative estimate of drug-likeness (QED) is 0.725. The van der Waals surface area contributed by atoms with Crippen molar-refractivity contribution >= 4 is 10.8 Å². The molecule has 1 aromatic carbocycles. The Hall–Kier alpha value is -2.16. The number of rotatable bonds is 2. The average Bonchev–Trinajstić information content (AvgIpc) is 2.91. The van der Waals surface area contributed by atoms with Crippen molar-refractivity contribution in [2.75, 3.05) is 0 Å². The summed E-state index contributed by atoms with van der Waals surface area (Å²) in [6.45, 7) is 2.15. The lowest BCUT2D eigenvalue weighted by atomic mass is 10.0. The first-order chi connectivity index (χ1) is 8.40. The van der Waals surface area contributed by atoms with Gasteiger partial charge in [0, 0.05) is 17.8 Å². The van der Waals surface area contributed by atoms with Gasteiger partial charge in [-0.15, -0.1) is 0 Å². The summed E-state index contributed by atoms with van der Waals surface area (Å²) in [4.78, 5) is 4.55. The largest absolute Gasteiger partial charge is 0.276 e. The smallest absolute Gasteiger partial charge is 0.0958 e. The second kappa shape index (κ2) is 4.01. The third kappa shape index (κ3) is 1.60. The minimum atomic E-state index is 0.962. The molecule has 0 saturated carbocycles. The highest BCUT2D eigenvalue weighted by atomic mass is 15.1. The molecule has 0 amide bonds. The maximum atomic E-state index is 4.55. The number of fused-ring (bicyclic) bond motifs is 1. The second-order valence-electron chi connectivity index (χ2n) is 4.00. The molecule has 0 aliphatic heterocycles. The summed E-state index contributed by atoms with van der Waals surface area (Å²) in [5.74, 6) is 0. The SMILES string of the molecule is CCc1cnc(-c2ccn[nH]2)c2ccccc12. The van der Waals surface area contributed by atoms with Crippen LogP contribution < -0.4 is 0 Å². The predicted molar refractivity (Wildman–Crippen MR) is 68.7 cm³/mol. The van der Waals surface area contributed by atoms with Crippen LogP contribution in [0, 0.1) is 0 Å². The van der Waals surface area contributed by atoms with Crippen LogP contribution >= 0.6 is 0 Å². The van der Waals surface area contributed by atoms with Gasteiger partial charge in [-0.2, -0.15) is 5.10 Å². The van der Waals surface area contributed by atoms with Crippen LogP contribution in [-0.4, -0.2) is 15.2 Å². The van der Waals surface area contributed by atoms with E-state index in [1.165, 1.54) is 16.3 Å². The van der Waals surface area contributed by atoms with Crippen molar-refractivity contribution in [2.24, 2.45) is 0 Å². The molecule has 3 aromatic rings. The van der Waals surface area contributed by atoms with Crippen LogP contribution in [0.2, 0.25) is 0 Å². The van der Waals surface area contributed by atoms with E-state index in [1.54, 1.807) is 6.20 Å². The lowest BCUT2D eigenvalue weighted by Gasteiger charge is -2.07. The molecule has 1 N–H and O–H groups in total. The average molecular weight is 223 g/mol. The molecular formula is C14H13N3. The van der Waals surface area contributed by atoms with Crippen molar-refractivity contribution in [3.8, 4) is 11.4 Å². The lowest BCUT2D eigenvalue weighted by Crippen LogP contribution is -1.91. The highest BCUT2D eigenvalue weighted by Crippen LogP contribution is 2.27. The van der Waals surface area contributed by atoms with Gasteiger partial charge in [0.05, 0.1) is 11.4 Å². The van der Waals surface area contributed by atoms with Gasteiger partial charge >= 0.3 is 0 Å². The van der Waals surface area contributed by atoms with Crippen LogP contribution in [0.1, 0.15) is 12.5 Å². The van der Waals surface area contributed by atoms with Gasteiger partial charge < -0.3 is 0 Å². The summed E-state index contributed by atoms with van der Waals surface area (Å²) < 4.78 is 0. The Labute approximate surface area is 99.5 Å². The molecule has 0 aliphatic carbocycles. The molecule has 0 saturated heterocycles. The summed E-state index contributed by atoms with van der Waals surface area (Å²) in [6, 6.07) is 10.3. The molecule has 2 aromatic heterocycles. The van der Waals surface area contributed by atoms with Gasteiger partial charge in [-0.1, -0.05) is 31.2 Å². The minimum Gasteiger partial charge on any atom is -0.276 e. The summed E-state index contributed by atoms with van der Waals surface area (Å²) in [6.07, 6.45) is 4.70. The summed E-state index contributed by atoms with van der Waals surface area (Å²) in [5.41, 5.74) is 3.21. The molecule has 0 radical (unpaired) electrons. The van der Waals surface area contributed by atoms with Crippen LogP contribution in [0.4, 0.5) is 0 Å². The molecule has 0 spiro atoms. The predicted octanol–water partition coefficient (Wildman–Crippen LogP) is 3.19. The fraction of sp³-hybridized carbons (Fsp3) is 0.143. The Morgan fingerprint density at radius 1 is 1.12 bits per heavy atom. The third-order valence-corrected chi connectivity index (χ3v) is 3.01. The Bertz CT molecular complexity index is 642. The van der Waals surface area contributed by atoms with Crippen molar-refractivity contribution in [3.05, 3.63) is 48.3 Å². The lowest BCUT2D eigenvalue weighted by molar-refractivity contribution is 1.08.